The highest BCUT2D eigenvalue weighted by molar-refractivity contribution is 5.91. The van der Waals surface area contributed by atoms with E-state index < -0.39 is 0 Å². The van der Waals surface area contributed by atoms with E-state index >= 15 is 0 Å². The lowest BCUT2D eigenvalue weighted by Gasteiger charge is -2.43. The van der Waals surface area contributed by atoms with Crippen molar-refractivity contribution in [3.8, 4) is 0 Å². The maximum Gasteiger partial charge on any atom is 0.243 e. The van der Waals surface area contributed by atoms with Gasteiger partial charge in [0.25, 0.3) is 0 Å². The van der Waals surface area contributed by atoms with Gasteiger partial charge in [0.15, 0.2) is 0 Å². The van der Waals surface area contributed by atoms with E-state index in [1.54, 1.807) is 18.5 Å². The Balaban J connectivity index is 1.16. The number of carbonyl (C=O) groups is 1. The number of nitrogens with one attached hydrogen (secondary N) is 1. The van der Waals surface area contributed by atoms with Crippen molar-refractivity contribution >= 4 is 12.0 Å². The third-order valence-corrected chi connectivity index (χ3v) is 7.73. The molecular formula is C30H41N3O. The molecule has 1 aromatic carbocycles. The minimum atomic E-state index is -0.0215. The Morgan fingerprint density at radius 3 is 2.53 bits per heavy atom. The van der Waals surface area contributed by atoms with Crippen molar-refractivity contribution in [2.75, 3.05) is 19.6 Å². The van der Waals surface area contributed by atoms with Gasteiger partial charge in [-0.2, -0.15) is 0 Å². The average molecular weight is 460 g/mol. The average Bonchev–Trinajstić information content (AvgIpc) is 2.90. The Kier molecular flexibility index (Phi) is 9.74. The summed E-state index contributed by atoms with van der Waals surface area (Å²) in [5.41, 5.74) is 2.48. The lowest BCUT2D eigenvalue weighted by atomic mass is 9.79. The SMILES string of the molecule is O=C(C=Cc1cccnc1)NCCCCC1CCN(C(c2ccccc2)C2CCCCC2)CC1. The molecule has 1 unspecified atom stereocenters. The maximum absolute atomic E-state index is 12.0. The topological polar surface area (TPSA) is 45.2 Å². The highest BCUT2D eigenvalue weighted by Gasteiger charge is 2.32. The predicted molar refractivity (Wildman–Crippen MR) is 140 cm³/mol. The van der Waals surface area contributed by atoms with Crippen LogP contribution in [0.2, 0.25) is 0 Å². The van der Waals surface area contributed by atoms with Crippen LogP contribution in [0, 0.1) is 11.8 Å². The first-order valence-corrected chi connectivity index (χ1v) is 13.4. The number of benzene rings is 1. The number of amides is 1. The molecule has 34 heavy (non-hydrogen) atoms. The molecule has 2 fully saturated rings. The summed E-state index contributed by atoms with van der Waals surface area (Å²) in [6.07, 6.45) is 20.1. The van der Waals surface area contributed by atoms with Crippen LogP contribution in [0.3, 0.4) is 0 Å². The predicted octanol–water partition coefficient (Wildman–Crippen LogP) is 6.41. The van der Waals surface area contributed by atoms with E-state index in [0.29, 0.717) is 6.04 Å². The molecule has 4 rings (SSSR count). The third-order valence-electron chi connectivity index (χ3n) is 7.73. The van der Waals surface area contributed by atoms with Gasteiger partial charge in [0.1, 0.15) is 0 Å². The summed E-state index contributed by atoms with van der Waals surface area (Å²) in [6.45, 7) is 3.22. The van der Waals surface area contributed by atoms with Gasteiger partial charge in [-0.05, 0) is 80.3 Å². The molecule has 0 spiro atoms. The zero-order valence-electron chi connectivity index (χ0n) is 20.6. The molecule has 182 valence electrons. The fourth-order valence-electron chi connectivity index (χ4n) is 5.88. The molecule has 1 saturated carbocycles. The Morgan fingerprint density at radius 2 is 1.79 bits per heavy atom. The van der Waals surface area contributed by atoms with Crippen LogP contribution in [-0.2, 0) is 4.79 Å². The molecule has 1 atom stereocenters. The fraction of sp³-hybridized carbons (Fsp3) is 0.533. The van der Waals surface area contributed by atoms with Crippen LogP contribution in [0.25, 0.3) is 6.08 Å². The summed E-state index contributed by atoms with van der Waals surface area (Å²) in [6, 6.07) is 15.7. The molecule has 0 bridgehead atoms. The first-order chi connectivity index (χ1) is 16.8. The first-order valence-electron chi connectivity index (χ1n) is 13.4. The molecule has 1 aliphatic heterocycles. The summed E-state index contributed by atoms with van der Waals surface area (Å²) in [5.74, 6) is 1.63. The minimum absolute atomic E-state index is 0.0215. The van der Waals surface area contributed by atoms with Crippen molar-refractivity contribution < 1.29 is 4.79 Å². The number of likely N-dealkylation sites (tertiary alicyclic amines) is 1. The van der Waals surface area contributed by atoms with E-state index in [-0.39, 0.29) is 5.91 Å². The summed E-state index contributed by atoms with van der Waals surface area (Å²) < 4.78 is 0. The van der Waals surface area contributed by atoms with Crippen molar-refractivity contribution in [3.63, 3.8) is 0 Å². The van der Waals surface area contributed by atoms with E-state index in [1.165, 1.54) is 76.4 Å². The van der Waals surface area contributed by atoms with Gasteiger partial charge in [-0.15, -0.1) is 0 Å². The van der Waals surface area contributed by atoms with Crippen LogP contribution in [0.1, 0.15) is 81.4 Å². The van der Waals surface area contributed by atoms with Crippen LogP contribution >= 0.6 is 0 Å². The highest BCUT2D eigenvalue weighted by atomic mass is 16.1. The van der Waals surface area contributed by atoms with E-state index in [1.807, 2.05) is 18.2 Å². The number of pyridine rings is 1. The van der Waals surface area contributed by atoms with E-state index in [9.17, 15) is 4.79 Å². The van der Waals surface area contributed by atoms with Crippen molar-refractivity contribution in [3.05, 3.63) is 72.1 Å². The van der Waals surface area contributed by atoms with Gasteiger partial charge in [0, 0.05) is 31.1 Å². The van der Waals surface area contributed by atoms with Gasteiger partial charge in [0.2, 0.25) is 5.91 Å². The standard InChI is InChI=1S/C30H41N3O/c34-29(17-16-26-11-9-20-31-24-26)32-21-8-7-10-25-18-22-33(23-19-25)30(27-12-3-1-4-13-27)28-14-5-2-6-15-28/h1,3-4,9,11-13,16-17,20,24-25,28,30H,2,5-8,10,14-15,18-19,21-23H2,(H,32,34). The van der Waals surface area contributed by atoms with E-state index in [2.05, 4.69) is 45.5 Å². The Bertz CT molecular complexity index is 868. The molecule has 4 heteroatoms. The van der Waals surface area contributed by atoms with E-state index in [0.717, 1.165) is 30.4 Å². The molecule has 4 nitrogen and oxygen atoms in total. The Morgan fingerprint density at radius 1 is 1.00 bits per heavy atom. The normalized spacial score (nSPS) is 19.3. The molecule has 2 aliphatic rings. The molecule has 2 aromatic rings. The summed E-state index contributed by atoms with van der Waals surface area (Å²) in [5, 5.41) is 3.01. The molecule has 1 saturated heterocycles. The zero-order valence-corrected chi connectivity index (χ0v) is 20.6. The van der Waals surface area contributed by atoms with Crippen LogP contribution in [0.5, 0.6) is 0 Å². The van der Waals surface area contributed by atoms with Crippen molar-refractivity contribution in [1.29, 1.82) is 0 Å². The summed E-state index contributed by atoms with van der Waals surface area (Å²) >= 11 is 0. The van der Waals surface area contributed by atoms with Crippen molar-refractivity contribution in [2.45, 2.75) is 70.3 Å². The van der Waals surface area contributed by atoms with Crippen LogP contribution < -0.4 is 5.32 Å². The number of hydrogen-bond donors (Lipinski definition) is 1. The van der Waals surface area contributed by atoms with Crippen LogP contribution in [0.4, 0.5) is 0 Å². The molecule has 1 aromatic heterocycles. The number of nitrogens with zero attached hydrogens (tertiary/aromatic N) is 2. The second-order valence-electron chi connectivity index (χ2n) is 10.1. The van der Waals surface area contributed by atoms with Crippen LogP contribution in [-0.4, -0.2) is 35.4 Å². The lowest BCUT2D eigenvalue weighted by Crippen LogP contribution is -2.40. The molecule has 1 aliphatic carbocycles. The Labute approximate surface area is 205 Å². The third kappa shape index (κ3) is 7.53. The van der Waals surface area contributed by atoms with Gasteiger partial charge >= 0.3 is 0 Å². The van der Waals surface area contributed by atoms with Gasteiger partial charge in [-0.3, -0.25) is 14.7 Å². The van der Waals surface area contributed by atoms with Crippen molar-refractivity contribution in [1.82, 2.24) is 15.2 Å². The maximum atomic E-state index is 12.0. The van der Waals surface area contributed by atoms with Gasteiger partial charge in [-0.1, -0.05) is 68.5 Å². The number of carbonyl (C=O) groups excluding carboxylic acids is 1. The number of rotatable bonds is 10. The van der Waals surface area contributed by atoms with E-state index in [4.69, 9.17) is 0 Å². The first kappa shape index (κ1) is 24.7. The smallest absolute Gasteiger partial charge is 0.243 e. The van der Waals surface area contributed by atoms with Gasteiger partial charge < -0.3 is 5.32 Å². The number of piperidine rings is 1. The van der Waals surface area contributed by atoms with Crippen LogP contribution in [0.15, 0.2) is 60.9 Å². The van der Waals surface area contributed by atoms with Crippen molar-refractivity contribution in [2.24, 2.45) is 11.8 Å². The number of aromatic nitrogens is 1. The molecule has 0 radical (unpaired) electrons. The Hall–Kier alpha value is -2.46. The molecule has 1 N–H and O–H groups in total. The summed E-state index contributed by atoms with van der Waals surface area (Å²) in [4.78, 5) is 18.9. The quantitative estimate of drug-likeness (QED) is 0.330. The minimum Gasteiger partial charge on any atom is -0.353 e. The monoisotopic (exact) mass is 459 g/mol. The fourth-order valence-corrected chi connectivity index (χ4v) is 5.88. The van der Waals surface area contributed by atoms with Gasteiger partial charge in [-0.25, -0.2) is 0 Å². The number of hydrogen-bond acceptors (Lipinski definition) is 3. The second-order valence-corrected chi connectivity index (χ2v) is 10.1. The lowest BCUT2D eigenvalue weighted by molar-refractivity contribution is -0.116. The number of unbranched alkanes of at least 4 members (excludes halogenated alkanes) is 1. The molecular weight excluding hydrogens is 418 g/mol. The second kappa shape index (κ2) is 13.4. The van der Waals surface area contributed by atoms with Gasteiger partial charge in [0.05, 0.1) is 0 Å². The zero-order chi connectivity index (χ0) is 23.4. The highest BCUT2D eigenvalue weighted by Crippen LogP contribution is 2.40. The molecule has 2 heterocycles. The largest absolute Gasteiger partial charge is 0.353 e. The summed E-state index contributed by atoms with van der Waals surface area (Å²) in [7, 11) is 0. The molecule has 1 amide bonds.